The molecule has 0 spiro atoms. The maximum absolute atomic E-state index is 8.75. The van der Waals surface area contributed by atoms with Crippen LogP contribution in [-0.2, 0) is 12.8 Å². The summed E-state index contributed by atoms with van der Waals surface area (Å²) in [5.41, 5.74) is 2.91. The molecule has 78 valence electrons. The first-order valence-corrected chi connectivity index (χ1v) is 5.52. The van der Waals surface area contributed by atoms with Crippen LogP contribution in [0, 0.1) is 11.3 Å². The molecule has 0 amide bonds. The Morgan fingerprint density at radius 1 is 1.40 bits per heavy atom. The van der Waals surface area contributed by atoms with Crippen molar-refractivity contribution in [2.45, 2.75) is 38.3 Å². The van der Waals surface area contributed by atoms with Gasteiger partial charge in [0, 0.05) is 6.04 Å². The predicted octanol–water partition coefficient (Wildman–Crippen LogP) is 2.05. The van der Waals surface area contributed by atoms with Crippen LogP contribution in [0.1, 0.15) is 24.5 Å². The van der Waals surface area contributed by atoms with Gasteiger partial charge in [-0.2, -0.15) is 5.26 Å². The van der Waals surface area contributed by atoms with Crippen molar-refractivity contribution in [1.82, 2.24) is 5.32 Å². The van der Waals surface area contributed by atoms with Crippen LogP contribution in [0.2, 0.25) is 0 Å². The molecule has 1 N–H and O–H groups in total. The monoisotopic (exact) mass is 200 g/mol. The van der Waals surface area contributed by atoms with Crippen LogP contribution in [0.4, 0.5) is 0 Å². The van der Waals surface area contributed by atoms with Gasteiger partial charge in [0.2, 0.25) is 0 Å². The number of hydrogen-bond acceptors (Lipinski definition) is 2. The summed E-state index contributed by atoms with van der Waals surface area (Å²) in [7, 11) is 0. The van der Waals surface area contributed by atoms with Crippen LogP contribution < -0.4 is 5.32 Å². The van der Waals surface area contributed by atoms with E-state index in [2.05, 4.69) is 35.7 Å². The molecule has 15 heavy (non-hydrogen) atoms. The molecule has 0 saturated heterocycles. The summed E-state index contributed by atoms with van der Waals surface area (Å²) in [6.07, 6.45) is 3.33. The van der Waals surface area contributed by atoms with Gasteiger partial charge in [-0.05, 0) is 37.3 Å². The van der Waals surface area contributed by atoms with Crippen molar-refractivity contribution in [3.8, 4) is 6.07 Å². The lowest BCUT2D eigenvalue weighted by atomic mass is 9.88. The average Bonchev–Trinajstić information content (AvgIpc) is 2.29. The van der Waals surface area contributed by atoms with Crippen molar-refractivity contribution < 1.29 is 0 Å². The minimum atomic E-state index is -0.0414. The molecule has 0 heterocycles. The molecule has 2 atom stereocenters. The van der Waals surface area contributed by atoms with Crippen molar-refractivity contribution in [2.75, 3.05) is 0 Å². The predicted molar refractivity (Wildman–Crippen MR) is 60.5 cm³/mol. The van der Waals surface area contributed by atoms with Crippen LogP contribution >= 0.6 is 0 Å². The van der Waals surface area contributed by atoms with Crippen molar-refractivity contribution >= 4 is 0 Å². The van der Waals surface area contributed by atoms with Crippen molar-refractivity contribution in [1.29, 1.82) is 5.26 Å². The average molecular weight is 200 g/mol. The van der Waals surface area contributed by atoms with E-state index in [0.29, 0.717) is 6.04 Å². The summed E-state index contributed by atoms with van der Waals surface area (Å²) in [5, 5.41) is 12.1. The maximum atomic E-state index is 8.75. The highest BCUT2D eigenvalue weighted by atomic mass is 14.9. The Balaban J connectivity index is 2.03. The topological polar surface area (TPSA) is 35.8 Å². The molecule has 0 aliphatic heterocycles. The van der Waals surface area contributed by atoms with E-state index in [4.69, 9.17) is 5.26 Å². The van der Waals surface area contributed by atoms with E-state index in [-0.39, 0.29) is 6.04 Å². The second kappa shape index (κ2) is 4.46. The molecule has 2 rings (SSSR count). The molecule has 0 aromatic heterocycles. The molecule has 0 fully saturated rings. The molecule has 0 radical (unpaired) electrons. The van der Waals surface area contributed by atoms with E-state index in [1.807, 2.05) is 6.92 Å². The van der Waals surface area contributed by atoms with Crippen molar-refractivity contribution in [2.24, 2.45) is 0 Å². The number of nitrogens with one attached hydrogen (secondary N) is 1. The van der Waals surface area contributed by atoms with Crippen molar-refractivity contribution in [3.63, 3.8) is 0 Å². The van der Waals surface area contributed by atoms with Crippen LogP contribution in [-0.4, -0.2) is 12.1 Å². The quantitative estimate of drug-likeness (QED) is 0.793. The van der Waals surface area contributed by atoms with Gasteiger partial charge < -0.3 is 0 Å². The van der Waals surface area contributed by atoms with Gasteiger partial charge in [-0.1, -0.05) is 24.3 Å². The Hall–Kier alpha value is -1.33. The first-order valence-electron chi connectivity index (χ1n) is 5.52. The van der Waals surface area contributed by atoms with Gasteiger partial charge in [0.1, 0.15) is 0 Å². The molecular formula is C13H16N2. The molecule has 1 aromatic rings. The molecule has 0 bridgehead atoms. The first kappa shape index (κ1) is 10.2. The number of nitrogens with zero attached hydrogens (tertiary/aromatic N) is 1. The first-order chi connectivity index (χ1) is 7.29. The molecule has 1 aliphatic rings. The summed E-state index contributed by atoms with van der Waals surface area (Å²) in [6.45, 7) is 1.92. The lowest BCUT2D eigenvalue weighted by Gasteiger charge is -2.26. The molecule has 0 saturated carbocycles. The number of rotatable bonds is 2. The highest BCUT2D eigenvalue weighted by molar-refractivity contribution is 5.30. The van der Waals surface area contributed by atoms with E-state index in [1.165, 1.54) is 11.1 Å². The van der Waals surface area contributed by atoms with Crippen LogP contribution in [0.15, 0.2) is 24.3 Å². The van der Waals surface area contributed by atoms with Gasteiger partial charge in [-0.25, -0.2) is 0 Å². The fraction of sp³-hybridized carbons (Fsp3) is 0.462. The zero-order valence-corrected chi connectivity index (χ0v) is 9.03. The Morgan fingerprint density at radius 2 is 2.13 bits per heavy atom. The molecular weight excluding hydrogens is 184 g/mol. The molecule has 2 heteroatoms. The minimum absolute atomic E-state index is 0.0414. The van der Waals surface area contributed by atoms with Crippen LogP contribution in [0.3, 0.4) is 0 Å². The number of aryl methyl sites for hydroxylation is 1. The summed E-state index contributed by atoms with van der Waals surface area (Å²) in [5.74, 6) is 0. The highest BCUT2D eigenvalue weighted by Gasteiger charge is 2.18. The van der Waals surface area contributed by atoms with E-state index in [1.54, 1.807) is 0 Å². The normalized spacial score (nSPS) is 21.5. The third kappa shape index (κ3) is 2.37. The number of nitriles is 1. The Kier molecular flexibility index (Phi) is 3.03. The largest absolute Gasteiger partial charge is 0.299 e. The molecule has 1 aliphatic carbocycles. The van der Waals surface area contributed by atoms with Crippen LogP contribution in [0.5, 0.6) is 0 Å². The molecule has 1 aromatic carbocycles. The second-order valence-electron chi connectivity index (χ2n) is 4.23. The molecule has 2 nitrogen and oxygen atoms in total. The standard InChI is InChI=1S/C13H16N2/c1-10(9-14)15-13-7-6-11-4-2-3-5-12(11)8-13/h2-5,10,13,15H,6-8H2,1H3. The van der Waals surface area contributed by atoms with Gasteiger partial charge in [0.15, 0.2) is 0 Å². The number of benzene rings is 1. The third-order valence-electron chi connectivity index (χ3n) is 3.03. The third-order valence-corrected chi connectivity index (χ3v) is 3.03. The zero-order chi connectivity index (χ0) is 10.7. The Labute approximate surface area is 90.9 Å². The molecule has 2 unspecified atom stereocenters. The van der Waals surface area contributed by atoms with E-state index in [0.717, 1.165) is 19.3 Å². The van der Waals surface area contributed by atoms with E-state index in [9.17, 15) is 0 Å². The summed E-state index contributed by atoms with van der Waals surface area (Å²) in [6, 6.07) is 11.2. The van der Waals surface area contributed by atoms with Gasteiger partial charge >= 0.3 is 0 Å². The smallest absolute Gasteiger partial charge is 0.0926 e. The van der Waals surface area contributed by atoms with Gasteiger partial charge in [-0.15, -0.1) is 0 Å². The van der Waals surface area contributed by atoms with Gasteiger partial charge in [-0.3, -0.25) is 5.32 Å². The minimum Gasteiger partial charge on any atom is -0.299 e. The van der Waals surface area contributed by atoms with E-state index < -0.39 is 0 Å². The van der Waals surface area contributed by atoms with Crippen molar-refractivity contribution in [3.05, 3.63) is 35.4 Å². The summed E-state index contributed by atoms with van der Waals surface area (Å²) in [4.78, 5) is 0. The SMILES string of the molecule is CC(C#N)NC1CCc2ccccc2C1. The summed E-state index contributed by atoms with van der Waals surface area (Å²) < 4.78 is 0. The fourth-order valence-electron chi connectivity index (χ4n) is 2.23. The number of hydrogen-bond donors (Lipinski definition) is 1. The zero-order valence-electron chi connectivity index (χ0n) is 9.03. The van der Waals surface area contributed by atoms with Gasteiger partial charge in [0.05, 0.1) is 12.1 Å². The van der Waals surface area contributed by atoms with Gasteiger partial charge in [0.25, 0.3) is 0 Å². The fourth-order valence-corrected chi connectivity index (χ4v) is 2.23. The lowest BCUT2D eigenvalue weighted by Crippen LogP contribution is -2.39. The maximum Gasteiger partial charge on any atom is 0.0926 e. The highest BCUT2D eigenvalue weighted by Crippen LogP contribution is 2.21. The Bertz CT molecular complexity index is 378. The van der Waals surface area contributed by atoms with E-state index >= 15 is 0 Å². The number of fused-ring (bicyclic) bond motifs is 1. The second-order valence-corrected chi connectivity index (χ2v) is 4.23. The Morgan fingerprint density at radius 3 is 2.87 bits per heavy atom. The lowest BCUT2D eigenvalue weighted by molar-refractivity contribution is 0.442. The van der Waals surface area contributed by atoms with Crippen LogP contribution in [0.25, 0.3) is 0 Å². The summed E-state index contributed by atoms with van der Waals surface area (Å²) >= 11 is 0.